The van der Waals surface area contributed by atoms with Crippen LogP contribution in [0.1, 0.15) is 50.5 Å². The zero-order valence-corrected chi connectivity index (χ0v) is 19.2. The normalized spacial score (nSPS) is 15.2. The molecule has 7 nitrogen and oxygen atoms in total. The number of benzene rings is 1. The number of unbranched alkanes of at least 4 members (excludes halogenated alkanes) is 1. The molecule has 0 radical (unpaired) electrons. The third-order valence-electron chi connectivity index (χ3n) is 6.31. The van der Waals surface area contributed by atoms with Crippen LogP contribution in [-0.2, 0) is 16.0 Å². The number of piperidine rings is 1. The van der Waals surface area contributed by atoms with Crippen LogP contribution in [-0.4, -0.2) is 63.4 Å². The number of aldehydes is 1. The summed E-state index contributed by atoms with van der Waals surface area (Å²) in [6.07, 6.45) is 8.29. The number of aryl methyl sites for hydroxylation is 1. The molecule has 1 aliphatic heterocycles. The fourth-order valence-electron chi connectivity index (χ4n) is 4.21. The highest BCUT2D eigenvalue weighted by molar-refractivity contribution is 5.93. The van der Waals surface area contributed by atoms with Gasteiger partial charge in [0.2, 0.25) is 5.91 Å². The van der Waals surface area contributed by atoms with Crippen molar-refractivity contribution in [2.45, 2.75) is 57.4 Å². The molecule has 31 heavy (non-hydrogen) atoms. The average molecular weight is 431 g/mol. The van der Waals surface area contributed by atoms with Crippen LogP contribution in [0.5, 0.6) is 0 Å². The minimum Gasteiger partial charge on any atom is -0.359 e. The van der Waals surface area contributed by atoms with Crippen molar-refractivity contribution in [1.29, 1.82) is 0 Å². The molecule has 0 spiro atoms. The number of carbonyl (C=O) groups excluding carboxylic acids is 3. The molecule has 0 bridgehead atoms. The second-order valence-corrected chi connectivity index (χ2v) is 8.44. The molecular weight excluding hydrogens is 392 g/mol. The van der Waals surface area contributed by atoms with Crippen LogP contribution in [0.2, 0.25) is 0 Å². The summed E-state index contributed by atoms with van der Waals surface area (Å²) in [5.41, 5.74) is 2.02. The summed E-state index contributed by atoms with van der Waals surface area (Å²) in [5.74, 6) is 0.695. The Hall–Kier alpha value is -2.41. The Kier molecular flexibility index (Phi) is 10.5. The maximum Gasteiger partial charge on any atom is 0.324 e. The highest BCUT2D eigenvalue weighted by Crippen LogP contribution is 2.25. The molecule has 7 heteroatoms. The zero-order chi connectivity index (χ0) is 22.6. The van der Waals surface area contributed by atoms with Crippen LogP contribution in [0.25, 0.3) is 0 Å². The van der Waals surface area contributed by atoms with Crippen LogP contribution in [0.4, 0.5) is 10.5 Å². The van der Waals surface area contributed by atoms with Crippen LogP contribution in [0.3, 0.4) is 0 Å². The molecule has 3 amide bonds. The number of nitrogens with zero attached hydrogens (tertiary/aromatic N) is 2. The molecule has 172 valence electrons. The van der Waals surface area contributed by atoms with Gasteiger partial charge in [-0.2, -0.15) is 0 Å². The largest absolute Gasteiger partial charge is 0.359 e. The minimum atomic E-state index is -0.635. The Morgan fingerprint density at radius 2 is 1.90 bits per heavy atom. The fourth-order valence-corrected chi connectivity index (χ4v) is 4.21. The molecule has 0 aliphatic carbocycles. The molecular formula is C24H38N4O3. The Morgan fingerprint density at radius 3 is 2.58 bits per heavy atom. The summed E-state index contributed by atoms with van der Waals surface area (Å²) in [7, 11) is 4.92. The lowest BCUT2D eigenvalue weighted by Gasteiger charge is -2.30. The number of amides is 3. The number of likely N-dealkylation sites (N-methyl/N-ethyl adjacent to an activating group) is 1. The molecule has 0 aromatic heterocycles. The van der Waals surface area contributed by atoms with Gasteiger partial charge in [0.1, 0.15) is 6.29 Å². The third-order valence-corrected chi connectivity index (χ3v) is 6.31. The van der Waals surface area contributed by atoms with Crippen LogP contribution >= 0.6 is 0 Å². The number of urea groups is 1. The van der Waals surface area contributed by atoms with Gasteiger partial charge in [-0.25, -0.2) is 4.79 Å². The molecule has 1 heterocycles. The Morgan fingerprint density at radius 1 is 1.19 bits per heavy atom. The summed E-state index contributed by atoms with van der Waals surface area (Å²) < 4.78 is 0. The lowest BCUT2D eigenvalue weighted by atomic mass is 9.91. The van der Waals surface area contributed by atoms with Gasteiger partial charge in [0.25, 0.3) is 0 Å². The topological polar surface area (TPSA) is 81.8 Å². The van der Waals surface area contributed by atoms with E-state index in [4.69, 9.17) is 0 Å². The highest BCUT2D eigenvalue weighted by atomic mass is 16.2. The molecule has 1 unspecified atom stereocenters. The lowest BCUT2D eigenvalue weighted by Crippen LogP contribution is -2.46. The van der Waals surface area contributed by atoms with E-state index < -0.39 is 6.04 Å². The first-order valence-electron chi connectivity index (χ1n) is 11.4. The van der Waals surface area contributed by atoms with E-state index in [1.807, 2.05) is 18.2 Å². The van der Waals surface area contributed by atoms with Gasteiger partial charge in [-0.15, -0.1) is 0 Å². The number of anilines is 1. The quantitative estimate of drug-likeness (QED) is 0.418. The van der Waals surface area contributed by atoms with Crippen molar-refractivity contribution in [2.75, 3.05) is 39.1 Å². The van der Waals surface area contributed by atoms with Crippen LogP contribution < -0.4 is 15.5 Å². The van der Waals surface area contributed by atoms with Crippen molar-refractivity contribution in [3.63, 3.8) is 0 Å². The van der Waals surface area contributed by atoms with Gasteiger partial charge >= 0.3 is 6.03 Å². The molecule has 1 aromatic carbocycles. The maximum atomic E-state index is 13.0. The molecule has 1 fully saturated rings. The highest BCUT2D eigenvalue weighted by Gasteiger charge is 2.24. The lowest BCUT2D eigenvalue weighted by molar-refractivity contribution is -0.121. The molecule has 1 atom stereocenters. The van der Waals surface area contributed by atoms with E-state index in [0.29, 0.717) is 6.42 Å². The smallest absolute Gasteiger partial charge is 0.324 e. The first-order chi connectivity index (χ1) is 15.0. The molecule has 2 rings (SSSR count). The number of nitrogens with one attached hydrogen (secondary N) is 2. The SMILES string of the molecule is CNC(=O)CCC(C=O)N(C)C(=O)N(C)c1ccccc1CCCCC1CCNCC1. The van der Waals surface area contributed by atoms with E-state index in [1.165, 1.54) is 30.6 Å². The second kappa shape index (κ2) is 13.1. The summed E-state index contributed by atoms with van der Waals surface area (Å²) in [5, 5.41) is 5.96. The third kappa shape index (κ3) is 7.65. The van der Waals surface area contributed by atoms with E-state index >= 15 is 0 Å². The number of carbonyl (C=O) groups is 3. The van der Waals surface area contributed by atoms with E-state index in [-0.39, 0.29) is 18.4 Å². The molecule has 1 saturated heterocycles. The first kappa shape index (κ1) is 24.9. The predicted octanol–water partition coefficient (Wildman–Crippen LogP) is 2.98. The van der Waals surface area contributed by atoms with Gasteiger partial charge in [-0.1, -0.05) is 31.0 Å². The van der Waals surface area contributed by atoms with E-state index in [2.05, 4.69) is 16.7 Å². The molecule has 2 N–H and O–H groups in total. The van der Waals surface area contributed by atoms with Crippen molar-refractivity contribution in [2.24, 2.45) is 5.92 Å². The minimum absolute atomic E-state index is 0.143. The first-order valence-corrected chi connectivity index (χ1v) is 11.4. The number of hydrogen-bond acceptors (Lipinski definition) is 4. The fraction of sp³-hybridized carbons (Fsp3) is 0.625. The monoisotopic (exact) mass is 430 g/mol. The van der Waals surface area contributed by atoms with Crippen LogP contribution in [0, 0.1) is 5.92 Å². The van der Waals surface area contributed by atoms with Gasteiger partial charge < -0.3 is 20.3 Å². The number of hydrogen-bond donors (Lipinski definition) is 2. The Bertz CT molecular complexity index is 719. The Labute approximate surface area is 186 Å². The predicted molar refractivity (Wildman–Crippen MR) is 124 cm³/mol. The van der Waals surface area contributed by atoms with Gasteiger partial charge in [-0.3, -0.25) is 9.69 Å². The van der Waals surface area contributed by atoms with Gasteiger partial charge in [-0.05, 0) is 62.7 Å². The van der Waals surface area contributed by atoms with E-state index in [0.717, 1.165) is 49.4 Å². The van der Waals surface area contributed by atoms with E-state index in [9.17, 15) is 14.4 Å². The summed E-state index contributed by atoms with van der Waals surface area (Å²) in [4.78, 5) is 39.1. The van der Waals surface area contributed by atoms with E-state index in [1.54, 1.807) is 26.0 Å². The second-order valence-electron chi connectivity index (χ2n) is 8.44. The summed E-state index contributed by atoms with van der Waals surface area (Å²) in [6.45, 7) is 2.28. The van der Waals surface area contributed by atoms with Crippen molar-refractivity contribution < 1.29 is 14.4 Å². The summed E-state index contributed by atoms with van der Waals surface area (Å²) >= 11 is 0. The standard InChI is InChI=1S/C24H38N4O3/c1-25-23(30)13-12-21(18-29)27(2)24(31)28(3)22-11-7-6-10-20(22)9-5-4-8-19-14-16-26-17-15-19/h6-7,10-11,18-19,21,26H,4-5,8-9,12-17H2,1-3H3,(H,25,30). The van der Waals surface area contributed by atoms with Gasteiger partial charge in [0.15, 0.2) is 0 Å². The number of para-hydroxylation sites is 1. The molecule has 0 saturated carbocycles. The number of rotatable bonds is 11. The van der Waals surface area contributed by atoms with Crippen LogP contribution in [0.15, 0.2) is 24.3 Å². The van der Waals surface area contributed by atoms with Crippen molar-refractivity contribution in [3.8, 4) is 0 Å². The maximum absolute atomic E-state index is 13.0. The van der Waals surface area contributed by atoms with Crippen molar-refractivity contribution in [3.05, 3.63) is 29.8 Å². The van der Waals surface area contributed by atoms with Gasteiger partial charge in [0.05, 0.1) is 6.04 Å². The summed E-state index contributed by atoms with van der Waals surface area (Å²) in [6, 6.07) is 7.08. The van der Waals surface area contributed by atoms with Gasteiger partial charge in [0, 0.05) is 33.3 Å². The molecule has 1 aromatic rings. The molecule has 1 aliphatic rings. The Balaban J connectivity index is 1.93. The zero-order valence-electron chi connectivity index (χ0n) is 19.2. The van der Waals surface area contributed by atoms with Crippen molar-refractivity contribution >= 4 is 23.9 Å². The average Bonchev–Trinajstić information content (AvgIpc) is 2.81. The van der Waals surface area contributed by atoms with Crippen molar-refractivity contribution in [1.82, 2.24) is 15.5 Å².